The van der Waals surface area contributed by atoms with Gasteiger partial charge in [-0.25, -0.2) is 0 Å². The van der Waals surface area contributed by atoms with Crippen LogP contribution in [0.25, 0.3) is 0 Å². The van der Waals surface area contributed by atoms with Gasteiger partial charge in [0.15, 0.2) is 0 Å². The summed E-state index contributed by atoms with van der Waals surface area (Å²) in [4.78, 5) is 12.8. The maximum Gasteiger partial charge on any atom is 0.313 e. The highest BCUT2D eigenvalue weighted by Gasteiger charge is 2.68. The monoisotopic (exact) mass is 302 g/mol. The van der Waals surface area contributed by atoms with Crippen LogP contribution in [-0.2, 0) is 9.53 Å². The number of esters is 1. The van der Waals surface area contributed by atoms with Crippen LogP contribution in [0.5, 0.6) is 0 Å². The highest BCUT2D eigenvalue weighted by molar-refractivity contribution is 5.82. The molecule has 122 valence electrons. The highest BCUT2D eigenvalue weighted by atomic mass is 16.5. The molecule has 0 amide bonds. The van der Waals surface area contributed by atoms with Crippen molar-refractivity contribution in [2.75, 3.05) is 0 Å². The summed E-state index contributed by atoms with van der Waals surface area (Å²) in [6.07, 6.45) is 1.62. The van der Waals surface area contributed by atoms with Gasteiger partial charge in [-0.3, -0.25) is 4.79 Å². The number of benzene rings is 1. The minimum absolute atomic E-state index is 0.0273. The van der Waals surface area contributed by atoms with Gasteiger partial charge in [-0.2, -0.15) is 0 Å². The number of hydrogen-bond acceptors (Lipinski definition) is 2. The van der Waals surface area contributed by atoms with E-state index in [9.17, 15) is 4.79 Å². The van der Waals surface area contributed by atoms with Gasteiger partial charge in [0.1, 0.15) is 6.10 Å². The maximum absolute atomic E-state index is 12.8. The summed E-state index contributed by atoms with van der Waals surface area (Å²) < 4.78 is 5.85. The minimum Gasteiger partial charge on any atom is -0.457 e. The molecular formula is C20H30O2. The van der Waals surface area contributed by atoms with Crippen molar-refractivity contribution in [2.24, 2.45) is 16.2 Å². The Bertz CT molecular complexity index is 548. The van der Waals surface area contributed by atoms with Crippen LogP contribution in [0.15, 0.2) is 24.3 Å². The fraction of sp³-hybridized carbons (Fsp3) is 0.650. The first-order chi connectivity index (χ1) is 9.97. The van der Waals surface area contributed by atoms with Crippen molar-refractivity contribution in [1.82, 2.24) is 0 Å². The van der Waals surface area contributed by atoms with Gasteiger partial charge in [-0.05, 0) is 43.1 Å². The third-order valence-corrected chi connectivity index (χ3v) is 4.97. The summed E-state index contributed by atoms with van der Waals surface area (Å²) in [6, 6.07) is 8.21. The summed E-state index contributed by atoms with van der Waals surface area (Å²) >= 11 is 0. The molecule has 1 aromatic carbocycles. The maximum atomic E-state index is 12.8. The van der Waals surface area contributed by atoms with E-state index in [1.807, 2.05) is 19.1 Å². The predicted molar refractivity (Wildman–Crippen MR) is 90.6 cm³/mol. The van der Waals surface area contributed by atoms with Crippen LogP contribution in [0.1, 0.15) is 71.6 Å². The summed E-state index contributed by atoms with van der Waals surface area (Å²) in [5.74, 6) is -0.0273. The second kappa shape index (κ2) is 5.40. The quantitative estimate of drug-likeness (QED) is 0.691. The molecule has 0 saturated heterocycles. The summed E-state index contributed by atoms with van der Waals surface area (Å²) in [7, 11) is 0. The molecule has 2 atom stereocenters. The van der Waals surface area contributed by atoms with Gasteiger partial charge in [0.25, 0.3) is 0 Å². The molecule has 22 heavy (non-hydrogen) atoms. The van der Waals surface area contributed by atoms with Gasteiger partial charge >= 0.3 is 5.97 Å². The molecule has 0 N–H and O–H groups in total. The Hall–Kier alpha value is -1.31. The Morgan fingerprint density at radius 1 is 1.23 bits per heavy atom. The minimum atomic E-state index is -0.315. The lowest BCUT2D eigenvalue weighted by Gasteiger charge is -2.28. The van der Waals surface area contributed by atoms with Crippen LogP contribution in [0.2, 0.25) is 0 Å². The first-order valence-electron chi connectivity index (χ1n) is 8.25. The molecule has 1 fully saturated rings. The van der Waals surface area contributed by atoms with Gasteiger partial charge in [0, 0.05) is 0 Å². The second-order valence-corrected chi connectivity index (χ2v) is 8.84. The first kappa shape index (κ1) is 17.1. The third kappa shape index (κ3) is 3.37. The van der Waals surface area contributed by atoms with Gasteiger partial charge < -0.3 is 4.74 Å². The fourth-order valence-corrected chi connectivity index (χ4v) is 3.52. The van der Waals surface area contributed by atoms with Crippen LogP contribution in [0.3, 0.4) is 0 Å². The van der Waals surface area contributed by atoms with Crippen molar-refractivity contribution in [3.8, 4) is 0 Å². The molecule has 1 aromatic rings. The van der Waals surface area contributed by atoms with Crippen LogP contribution in [-0.4, -0.2) is 5.97 Å². The van der Waals surface area contributed by atoms with E-state index < -0.39 is 0 Å². The average Bonchev–Trinajstić information content (AvgIpc) is 2.90. The van der Waals surface area contributed by atoms with E-state index in [1.165, 1.54) is 5.56 Å². The molecule has 2 rings (SSSR count). The van der Waals surface area contributed by atoms with E-state index in [2.05, 4.69) is 53.7 Å². The van der Waals surface area contributed by atoms with E-state index in [0.717, 1.165) is 18.4 Å². The molecule has 0 radical (unpaired) electrons. The fourth-order valence-electron chi connectivity index (χ4n) is 3.52. The van der Waals surface area contributed by atoms with Gasteiger partial charge in [0.05, 0.1) is 5.41 Å². The number of carbonyl (C=O) groups is 1. The van der Waals surface area contributed by atoms with Gasteiger partial charge in [-0.1, -0.05) is 64.4 Å². The van der Waals surface area contributed by atoms with Crippen molar-refractivity contribution >= 4 is 5.97 Å². The molecule has 2 unspecified atom stereocenters. The molecule has 0 spiro atoms. The van der Waals surface area contributed by atoms with Crippen molar-refractivity contribution in [1.29, 1.82) is 0 Å². The smallest absolute Gasteiger partial charge is 0.313 e. The average molecular weight is 302 g/mol. The van der Waals surface area contributed by atoms with Crippen LogP contribution in [0, 0.1) is 23.2 Å². The molecular weight excluding hydrogens is 272 g/mol. The number of hydrogen-bond donors (Lipinski definition) is 0. The second-order valence-electron chi connectivity index (χ2n) is 8.84. The topological polar surface area (TPSA) is 26.3 Å². The Labute approximate surface area is 135 Å². The lowest BCUT2D eigenvalue weighted by Crippen LogP contribution is -2.29. The zero-order valence-corrected chi connectivity index (χ0v) is 15.1. The van der Waals surface area contributed by atoms with Crippen molar-refractivity contribution in [3.63, 3.8) is 0 Å². The highest BCUT2D eigenvalue weighted by Crippen LogP contribution is 2.68. The van der Waals surface area contributed by atoms with Crippen molar-refractivity contribution in [2.45, 2.75) is 67.4 Å². The molecule has 0 aliphatic heterocycles. The number of carbonyl (C=O) groups excluding carboxylic acids is 1. The van der Waals surface area contributed by atoms with E-state index in [-0.39, 0.29) is 28.3 Å². The van der Waals surface area contributed by atoms with Crippen LogP contribution in [0.4, 0.5) is 0 Å². The summed E-state index contributed by atoms with van der Waals surface area (Å²) in [5, 5.41) is 0. The van der Waals surface area contributed by atoms with Gasteiger partial charge in [0.2, 0.25) is 0 Å². The third-order valence-electron chi connectivity index (χ3n) is 4.97. The normalized spacial score (nSPS) is 24.7. The molecule has 2 heteroatoms. The standard InChI is InChI=1S/C20H30O2/c1-14-8-10-16(11-9-14)15(2)22-17(21)20(12-18(3,4)5)13-19(20,6)7/h8-11,15H,12-13H2,1-7H3. The molecule has 0 aromatic heterocycles. The largest absolute Gasteiger partial charge is 0.457 e. The lowest BCUT2D eigenvalue weighted by atomic mass is 9.79. The zero-order chi connectivity index (χ0) is 16.8. The molecule has 1 aliphatic rings. The number of aryl methyl sites for hydroxylation is 1. The lowest BCUT2D eigenvalue weighted by molar-refractivity contribution is -0.158. The molecule has 0 bridgehead atoms. The molecule has 0 heterocycles. The summed E-state index contributed by atoms with van der Waals surface area (Å²) in [5.41, 5.74) is 2.13. The Kier molecular flexibility index (Phi) is 4.18. The van der Waals surface area contributed by atoms with Gasteiger partial charge in [-0.15, -0.1) is 0 Å². The Morgan fingerprint density at radius 3 is 2.14 bits per heavy atom. The molecule has 1 aliphatic carbocycles. The number of rotatable bonds is 4. The Balaban J connectivity index is 2.11. The van der Waals surface area contributed by atoms with E-state index >= 15 is 0 Å². The SMILES string of the molecule is Cc1ccc(C(C)OC(=O)C2(CC(C)(C)C)CC2(C)C)cc1. The first-order valence-corrected chi connectivity index (χ1v) is 8.25. The van der Waals surface area contributed by atoms with Crippen LogP contribution >= 0.6 is 0 Å². The summed E-state index contributed by atoms with van der Waals surface area (Å²) in [6.45, 7) is 15.0. The molecule has 1 saturated carbocycles. The van der Waals surface area contributed by atoms with Crippen molar-refractivity contribution < 1.29 is 9.53 Å². The van der Waals surface area contributed by atoms with E-state index in [0.29, 0.717) is 0 Å². The van der Waals surface area contributed by atoms with Crippen LogP contribution < -0.4 is 0 Å². The van der Waals surface area contributed by atoms with E-state index in [1.54, 1.807) is 0 Å². The van der Waals surface area contributed by atoms with E-state index in [4.69, 9.17) is 4.74 Å². The Morgan fingerprint density at radius 2 is 1.73 bits per heavy atom. The predicted octanol–water partition coefficient (Wildman–Crippen LogP) is 5.45. The number of ether oxygens (including phenoxy) is 1. The van der Waals surface area contributed by atoms with Crippen molar-refractivity contribution in [3.05, 3.63) is 35.4 Å². The molecule has 2 nitrogen and oxygen atoms in total. The zero-order valence-electron chi connectivity index (χ0n) is 15.1.